The molecule has 2 aromatic carbocycles. The molecule has 6 nitrogen and oxygen atoms in total. The monoisotopic (exact) mass is 451 g/mol. The number of hydrogen-bond donors (Lipinski definition) is 0. The van der Waals surface area contributed by atoms with Gasteiger partial charge in [-0.25, -0.2) is 4.79 Å². The van der Waals surface area contributed by atoms with E-state index in [4.69, 9.17) is 14.2 Å². The summed E-state index contributed by atoms with van der Waals surface area (Å²) in [5.74, 6) is 0.601. The normalized spacial score (nSPS) is 13.7. The number of carbonyl (C=O) groups excluding carboxylic acids is 2. The predicted octanol–water partition coefficient (Wildman–Crippen LogP) is 4.69. The minimum atomic E-state index is -0.522. The van der Waals surface area contributed by atoms with Crippen molar-refractivity contribution in [3.63, 3.8) is 0 Å². The molecule has 0 spiro atoms. The van der Waals surface area contributed by atoms with Crippen LogP contribution in [0, 0.1) is 0 Å². The molecule has 0 fully saturated rings. The standard InChI is InChI=1S/C22H14BrNO5/c1-27-18-5-2-15(23)10-14(18)11-20-21(25)17-4-3-16(12-19(17)29-20)28-22(26)13-6-8-24-9-7-13/h2-12H,1H3/b20-11-. The summed E-state index contributed by atoms with van der Waals surface area (Å²) in [5.41, 5.74) is 1.47. The molecular weight excluding hydrogens is 438 g/mol. The summed E-state index contributed by atoms with van der Waals surface area (Å²) >= 11 is 3.41. The van der Waals surface area contributed by atoms with Crippen LogP contribution in [-0.4, -0.2) is 23.8 Å². The largest absolute Gasteiger partial charge is 0.496 e. The van der Waals surface area contributed by atoms with Crippen LogP contribution in [0.1, 0.15) is 26.3 Å². The van der Waals surface area contributed by atoms with Gasteiger partial charge in [-0.1, -0.05) is 15.9 Å². The van der Waals surface area contributed by atoms with Crippen molar-refractivity contribution in [2.24, 2.45) is 0 Å². The number of pyridine rings is 1. The van der Waals surface area contributed by atoms with E-state index < -0.39 is 5.97 Å². The quantitative estimate of drug-likeness (QED) is 0.325. The van der Waals surface area contributed by atoms with Crippen LogP contribution in [0.2, 0.25) is 0 Å². The minimum absolute atomic E-state index is 0.161. The number of ether oxygens (including phenoxy) is 3. The molecule has 3 aromatic rings. The Kier molecular flexibility index (Phi) is 5.14. The highest BCUT2D eigenvalue weighted by atomic mass is 79.9. The van der Waals surface area contributed by atoms with E-state index in [1.807, 2.05) is 12.1 Å². The first-order chi connectivity index (χ1) is 14.0. The zero-order chi connectivity index (χ0) is 20.4. The summed E-state index contributed by atoms with van der Waals surface area (Å²) in [5, 5.41) is 0. The smallest absolute Gasteiger partial charge is 0.343 e. The fourth-order valence-corrected chi connectivity index (χ4v) is 3.22. The molecule has 0 N–H and O–H groups in total. The van der Waals surface area contributed by atoms with Crippen molar-refractivity contribution in [3.8, 4) is 17.2 Å². The highest BCUT2D eigenvalue weighted by Crippen LogP contribution is 2.36. The number of benzene rings is 2. The van der Waals surface area contributed by atoms with Crippen LogP contribution < -0.4 is 14.2 Å². The fourth-order valence-electron chi connectivity index (χ4n) is 2.84. The van der Waals surface area contributed by atoms with Crippen molar-refractivity contribution in [2.75, 3.05) is 7.11 Å². The number of carbonyl (C=O) groups is 2. The lowest BCUT2D eigenvalue weighted by molar-refractivity contribution is 0.0734. The van der Waals surface area contributed by atoms with Crippen LogP contribution in [0.5, 0.6) is 17.2 Å². The number of fused-ring (bicyclic) bond motifs is 1. The van der Waals surface area contributed by atoms with Gasteiger partial charge < -0.3 is 14.2 Å². The zero-order valence-electron chi connectivity index (χ0n) is 15.2. The van der Waals surface area contributed by atoms with Crippen LogP contribution >= 0.6 is 15.9 Å². The van der Waals surface area contributed by atoms with Gasteiger partial charge in [0.1, 0.15) is 17.2 Å². The van der Waals surface area contributed by atoms with Crippen molar-refractivity contribution in [3.05, 3.63) is 87.8 Å². The highest BCUT2D eigenvalue weighted by molar-refractivity contribution is 9.10. The Morgan fingerprint density at radius 3 is 2.66 bits per heavy atom. The lowest BCUT2D eigenvalue weighted by Gasteiger charge is -2.06. The first kappa shape index (κ1) is 18.9. The predicted molar refractivity (Wildman–Crippen MR) is 109 cm³/mol. The molecule has 29 heavy (non-hydrogen) atoms. The number of aromatic nitrogens is 1. The van der Waals surface area contributed by atoms with Gasteiger partial charge in [0.15, 0.2) is 5.76 Å². The molecule has 0 amide bonds. The van der Waals surface area contributed by atoms with E-state index in [9.17, 15) is 9.59 Å². The Morgan fingerprint density at radius 1 is 1.10 bits per heavy atom. The van der Waals surface area contributed by atoms with Gasteiger partial charge in [-0.2, -0.15) is 0 Å². The number of halogens is 1. The lowest BCUT2D eigenvalue weighted by Crippen LogP contribution is -2.08. The molecule has 0 unspecified atom stereocenters. The first-order valence-corrected chi connectivity index (χ1v) is 9.38. The number of methoxy groups -OCH3 is 1. The number of rotatable bonds is 4. The average Bonchev–Trinajstić information content (AvgIpc) is 3.03. The second-order valence-corrected chi connectivity index (χ2v) is 7.03. The highest BCUT2D eigenvalue weighted by Gasteiger charge is 2.28. The van der Waals surface area contributed by atoms with Gasteiger partial charge in [-0.05, 0) is 48.5 Å². The van der Waals surface area contributed by atoms with E-state index in [1.165, 1.54) is 18.5 Å². The molecule has 144 valence electrons. The molecule has 0 atom stereocenters. The van der Waals surface area contributed by atoms with Crippen LogP contribution in [0.3, 0.4) is 0 Å². The molecule has 7 heteroatoms. The van der Waals surface area contributed by atoms with E-state index in [0.29, 0.717) is 28.2 Å². The van der Waals surface area contributed by atoms with Crippen molar-refractivity contribution >= 4 is 33.8 Å². The third kappa shape index (κ3) is 3.90. The first-order valence-electron chi connectivity index (χ1n) is 8.59. The second kappa shape index (κ2) is 7.89. The Labute approximate surface area is 174 Å². The van der Waals surface area contributed by atoms with Crippen molar-refractivity contribution in [1.82, 2.24) is 4.98 Å². The summed E-state index contributed by atoms with van der Waals surface area (Å²) in [7, 11) is 1.56. The Bertz CT molecular complexity index is 1140. The molecule has 0 radical (unpaired) electrons. The number of hydrogen-bond acceptors (Lipinski definition) is 6. The third-order valence-electron chi connectivity index (χ3n) is 4.25. The maximum Gasteiger partial charge on any atom is 0.343 e. The van der Waals surface area contributed by atoms with E-state index in [-0.39, 0.29) is 17.3 Å². The van der Waals surface area contributed by atoms with Gasteiger partial charge in [0.25, 0.3) is 0 Å². The summed E-state index contributed by atoms with van der Waals surface area (Å²) in [6.07, 6.45) is 4.64. The van der Waals surface area contributed by atoms with Gasteiger partial charge in [0.2, 0.25) is 5.78 Å². The Morgan fingerprint density at radius 2 is 1.90 bits per heavy atom. The molecule has 4 rings (SSSR count). The third-order valence-corrected chi connectivity index (χ3v) is 4.74. The maximum atomic E-state index is 12.7. The van der Waals surface area contributed by atoms with Crippen molar-refractivity contribution < 1.29 is 23.8 Å². The Balaban J connectivity index is 1.59. The number of Topliss-reactive ketones (excluding diaryl/α,β-unsaturated/α-hetero) is 1. The van der Waals surface area contributed by atoms with Gasteiger partial charge >= 0.3 is 5.97 Å². The summed E-state index contributed by atoms with van der Waals surface area (Å²) < 4.78 is 17.3. The molecule has 1 aromatic heterocycles. The summed E-state index contributed by atoms with van der Waals surface area (Å²) in [6, 6.07) is 13.2. The molecule has 0 saturated heterocycles. The molecule has 2 heterocycles. The molecule has 1 aliphatic rings. The topological polar surface area (TPSA) is 74.7 Å². The molecular formula is C22H14BrNO5. The van der Waals surface area contributed by atoms with E-state index in [1.54, 1.807) is 43.5 Å². The number of ketones is 1. The summed E-state index contributed by atoms with van der Waals surface area (Å²) in [4.78, 5) is 28.7. The molecule has 1 aliphatic heterocycles. The van der Waals surface area contributed by atoms with Gasteiger partial charge in [0, 0.05) is 28.5 Å². The van der Waals surface area contributed by atoms with Gasteiger partial charge in [0.05, 0.1) is 18.2 Å². The van der Waals surface area contributed by atoms with Crippen LogP contribution in [-0.2, 0) is 0 Å². The average molecular weight is 452 g/mol. The number of esters is 1. The van der Waals surface area contributed by atoms with Crippen LogP contribution in [0.15, 0.2) is 71.2 Å². The SMILES string of the molecule is COc1ccc(Br)cc1/C=C1\Oc2cc(OC(=O)c3ccncc3)ccc2C1=O. The van der Waals surface area contributed by atoms with Crippen LogP contribution in [0.4, 0.5) is 0 Å². The van der Waals surface area contributed by atoms with Crippen molar-refractivity contribution in [1.29, 1.82) is 0 Å². The minimum Gasteiger partial charge on any atom is -0.496 e. The number of allylic oxidation sites excluding steroid dienone is 1. The fraction of sp³-hybridized carbons (Fsp3) is 0.0455. The molecule has 0 saturated carbocycles. The van der Waals surface area contributed by atoms with Crippen LogP contribution in [0.25, 0.3) is 6.08 Å². The Hall–Kier alpha value is -3.45. The second-order valence-electron chi connectivity index (χ2n) is 6.11. The number of nitrogens with zero attached hydrogens (tertiary/aromatic N) is 1. The summed E-state index contributed by atoms with van der Waals surface area (Å²) in [6.45, 7) is 0. The van der Waals surface area contributed by atoms with E-state index in [0.717, 1.165) is 4.47 Å². The van der Waals surface area contributed by atoms with E-state index >= 15 is 0 Å². The van der Waals surface area contributed by atoms with Gasteiger partial charge in [-0.3, -0.25) is 9.78 Å². The molecule has 0 aliphatic carbocycles. The lowest BCUT2D eigenvalue weighted by atomic mass is 10.1. The van der Waals surface area contributed by atoms with Crippen molar-refractivity contribution in [2.45, 2.75) is 0 Å². The van der Waals surface area contributed by atoms with Gasteiger partial charge in [-0.15, -0.1) is 0 Å². The molecule has 0 bridgehead atoms. The maximum absolute atomic E-state index is 12.7. The van der Waals surface area contributed by atoms with E-state index in [2.05, 4.69) is 20.9 Å². The zero-order valence-corrected chi connectivity index (χ0v) is 16.8.